The van der Waals surface area contributed by atoms with Crippen molar-refractivity contribution < 1.29 is 14.3 Å². The summed E-state index contributed by atoms with van der Waals surface area (Å²) in [6.45, 7) is 6.75. The smallest absolute Gasteiger partial charge is 0.408 e. The quantitative estimate of drug-likeness (QED) is 0.728. The lowest BCUT2D eigenvalue weighted by Gasteiger charge is -2.22. The third kappa shape index (κ3) is 7.25. The average molecular weight is 233 g/mol. The summed E-state index contributed by atoms with van der Waals surface area (Å²) in [4.78, 5) is 22.5. The van der Waals surface area contributed by atoms with Gasteiger partial charge in [-0.15, -0.1) is 0 Å². The van der Waals surface area contributed by atoms with E-state index in [9.17, 15) is 9.59 Å². The van der Waals surface area contributed by atoms with Gasteiger partial charge in [-0.2, -0.15) is 12.6 Å². The van der Waals surface area contributed by atoms with Gasteiger partial charge in [0.05, 0.1) is 6.04 Å². The number of carbonyl (C=O) groups is 2. The summed E-state index contributed by atoms with van der Waals surface area (Å²) in [7, 11) is 0. The Kier molecular flexibility index (Phi) is 5.72. The molecule has 0 spiro atoms. The lowest BCUT2D eigenvalue weighted by molar-refractivity contribution is -0.119. The van der Waals surface area contributed by atoms with Crippen LogP contribution in [0.4, 0.5) is 4.79 Å². The van der Waals surface area contributed by atoms with Crippen LogP contribution in [0, 0.1) is 0 Å². The first-order valence-electron chi connectivity index (χ1n) is 4.87. The van der Waals surface area contributed by atoms with Crippen molar-refractivity contribution >= 4 is 24.5 Å². The van der Waals surface area contributed by atoms with E-state index >= 15 is 0 Å². The van der Waals surface area contributed by atoms with Crippen LogP contribution in [-0.4, -0.2) is 29.3 Å². The Hall–Kier alpha value is -0.710. The highest BCUT2D eigenvalue weighted by Crippen LogP contribution is 2.07. The standard InChI is InChI=1S/C10H19NO3S/c1-7(12)8(5-6-15)11-9(13)14-10(2,3)4/h8,15H,5-6H2,1-4H3,(H,11,13). The number of alkyl carbamates (subject to hydrolysis) is 1. The van der Waals surface area contributed by atoms with E-state index in [4.69, 9.17) is 4.74 Å². The summed E-state index contributed by atoms with van der Waals surface area (Å²) >= 11 is 4.02. The molecule has 15 heavy (non-hydrogen) atoms. The molecule has 1 unspecified atom stereocenters. The molecule has 0 heterocycles. The van der Waals surface area contributed by atoms with Crippen LogP contribution < -0.4 is 5.32 Å². The Labute approximate surface area is 96.2 Å². The minimum atomic E-state index is -0.565. The molecule has 0 aromatic rings. The van der Waals surface area contributed by atoms with Gasteiger partial charge in [0.15, 0.2) is 5.78 Å². The Morgan fingerprint density at radius 3 is 2.27 bits per heavy atom. The molecule has 0 aromatic heterocycles. The van der Waals surface area contributed by atoms with Crippen LogP contribution in [-0.2, 0) is 9.53 Å². The lowest BCUT2D eigenvalue weighted by Crippen LogP contribution is -2.42. The Balaban J connectivity index is 4.18. The summed E-state index contributed by atoms with van der Waals surface area (Å²) in [5.74, 6) is 0.454. The molecule has 0 rings (SSSR count). The van der Waals surface area contributed by atoms with Gasteiger partial charge in [-0.25, -0.2) is 4.79 Å². The molecule has 0 saturated heterocycles. The maximum absolute atomic E-state index is 11.3. The number of hydrogen-bond acceptors (Lipinski definition) is 4. The van der Waals surface area contributed by atoms with Crippen molar-refractivity contribution in [3.8, 4) is 0 Å². The molecule has 0 bridgehead atoms. The van der Waals surface area contributed by atoms with Gasteiger partial charge >= 0.3 is 6.09 Å². The van der Waals surface area contributed by atoms with Crippen LogP contribution >= 0.6 is 12.6 Å². The predicted octanol–water partition coefficient (Wildman–Crippen LogP) is 1.79. The number of Topliss-reactive ketones (excluding diaryl/α,β-unsaturated/α-hetero) is 1. The van der Waals surface area contributed by atoms with Crippen LogP contribution in [0.5, 0.6) is 0 Å². The zero-order valence-corrected chi connectivity index (χ0v) is 10.6. The number of hydrogen-bond donors (Lipinski definition) is 2. The first kappa shape index (κ1) is 14.3. The van der Waals surface area contributed by atoms with Gasteiger partial charge in [0.25, 0.3) is 0 Å². The van der Waals surface area contributed by atoms with Gasteiger partial charge in [0.1, 0.15) is 5.60 Å². The fraction of sp³-hybridized carbons (Fsp3) is 0.800. The number of rotatable bonds is 4. The molecule has 88 valence electrons. The van der Waals surface area contributed by atoms with E-state index < -0.39 is 17.7 Å². The molecule has 0 aliphatic heterocycles. The molecule has 0 aromatic carbocycles. The van der Waals surface area contributed by atoms with E-state index in [0.29, 0.717) is 12.2 Å². The van der Waals surface area contributed by atoms with Gasteiger partial charge in [-0.1, -0.05) is 0 Å². The molecule has 1 amide bonds. The topological polar surface area (TPSA) is 55.4 Å². The highest BCUT2D eigenvalue weighted by molar-refractivity contribution is 7.80. The van der Waals surface area contributed by atoms with E-state index in [0.717, 1.165) is 0 Å². The molecule has 4 nitrogen and oxygen atoms in total. The number of nitrogens with one attached hydrogen (secondary N) is 1. The monoisotopic (exact) mass is 233 g/mol. The number of ether oxygens (including phenoxy) is 1. The molecule has 0 saturated carbocycles. The SMILES string of the molecule is CC(=O)C(CCS)NC(=O)OC(C)(C)C. The number of amides is 1. The van der Waals surface area contributed by atoms with Crippen LogP contribution in [0.2, 0.25) is 0 Å². The van der Waals surface area contributed by atoms with E-state index in [1.54, 1.807) is 20.8 Å². The van der Waals surface area contributed by atoms with Gasteiger partial charge < -0.3 is 10.1 Å². The lowest BCUT2D eigenvalue weighted by atomic mass is 10.1. The molecule has 1 atom stereocenters. The third-order valence-electron chi connectivity index (χ3n) is 1.60. The van der Waals surface area contributed by atoms with Crippen molar-refractivity contribution in [1.82, 2.24) is 5.32 Å². The Morgan fingerprint density at radius 2 is 1.93 bits per heavy atom. The van der Waals surface area contributed by atoms with Crippen molar-refractivity contribution in [2.24, 2.45) is 0 Å². The predicted molar refractivity (Wildman–Crippen MR) is 62.3 cm³/mol. The Morgan fingerprint density at radius 1 is 1.40 bits per heavy atom. The van der Waals surface area contributed by atoms with Crippen molar-refractivity contribution in [3.63, 3.8) is 0 Å². The van der Waals surface area contributed by atoms with Crippen LogP contribution in [0.3, 0.4) is 0 Å². The molecular formula is C10H19NO3S. The molecular weight excluding hydrogens is 214 g/mol. The van der Waals surface area contributed by atoms with Crippen molar-refractivity contribution in [2.75, 3.05) is 5.75 Å². The number of carbonyl (C=O) groups excluding carboxylic acids is 2. The normalized spacial score (nSPS) is 13.1. The minimum absolute atomic E-state index is 0.0880. The molecule has 0 aliphatic carbocycles. The maximum Gasteiger partial charge on any atom is 0.408 e. The van der Waals surface area contributed by atoms with Crippen molar-refractivity contribution in [2.45, 2.75) is 45.8 Å². The van der Waals surface area contributed by atoms with E-state index in [1.807, 2.05) is 0 Å². The zero-order valence-electron chi connectivity index (χ0n) is 9.66. The first-order valence-corrected chi connectivity index (χ1v) is 5.50. The van der Waals surface area contributed by atoms with Gasteiger partial charge in [0, 0.05) is 0 Å². The molecule has 1 N–H and O–H groups in total. The fourth-order valence-electron chi connectivity index (χ4n) is 0.956. The highest BCUT2D eigenvalue weighted by Gasteiger charge is 2.21. The second-order valence-corrected chi connectivity index (χ2v) is 4.77. The van der Waals surface area contributed by atoms with Gasteiger partial charge in [-0.3, -0.25) is 4.79 Å². The summed E-state index contributed by atoms with van der Waals surface area (Å²) in [6.07, 6.45) is -0.0537. The average Bonchev–Trinajstić information content (AvgIpc) is 1.99. The van der Waals surface area contributed by atoms with E-state index in [-0.39, 0.29) is 5.78 Å². The van der Waals surface area contributed by atoms with Crippen LogP contribution in [0.15, 0.2) is 0 Å². The third-order valence-corrected chi connectivity index (χ3v) is 1.86. The largest absolute Gasteiger partial charge is 0.444 e. The van der Waals surface area contributed by atoms with E-state index in [2.05, 4.69) is 17.9 Å². The summed E-state index contributed by atoms with van der Waals surface area (Å²) in [5.41, 5.74) is -0.549. The van der Waals surface area contributed by atoms with Gasteiger partial charge in [0.2, 0.25) is 0 Å². The number of thiol groups is 1. The van der Waals surface area contributed by atoms with Crippen molar-refractivity contribution in [1.29, 1.82) is 0 Å². The summed E-state index contributed by atoms with van der Waals surface area (Å²) in [5, 5.41) is 2.51. The molecule has 5 heteroatoms. The zero-order chi connectivity index (χ0) is 12.1. The van der Waals surface area contributed by atoms with Crippen LogP contribution in [0.1, 0.15) is 34.1 Å². The summed E-state index contributed by atoms with van der Waals surface area (Å²) in [6, 6.07) is -0.502. The highest BCUT2D eigenvalue weighted by atomic mass is 32.1. The van der Waals surface area contributed by atoms with Crippen LogP contribution in [0.25, 0.3) is 0 Å². The minimum Gasteiger partial charge on any atom is -0.444 e. The second-order valence-electron chi connectivity index (χ2n) is 4.32. The molecule has 0 fully saturated rings. The molecule has 0 radical (unpaired) electrons. The van der Waals surface area contributed by atoms with Crippen molar-refractivity contribution in [3.05, 3.63) is 0 Å². The van der Waals surface area contributed by atoms with E-state index in [1.165, 1.54) is 6.92 Å². The summed E-state index contributed by atoms with van der Waals surface area (Å²) < 4.78 is 5.04. The Bertz CT molecular complexity index is 235. The second kappa shape index (κ2) is 6.00. The molecule has 0 aliphatic rings. The van der Waals surface area contributed by atoms with Gasteiger partial charge in [-0.05, 0) is 39.9 Å². The fourth-order valence-corrected chi connectivity index (χ4v) is 1.21. The number of ketones is 1. The maximum atomic E-state index is 11.3. The first-order chi connectivity index (χ1) is 6.76.